The van der Waals surface area contributed by atoms with E-state index >= 15 is 0 Å². The van der Waals surface area contributed by atoms with E-state index in [-0.39, 0.29) is 16.2 Å². The Balaban J connectivity index is 2.06. The molecule has 1 nitrogen and oxygen atoms in total. The van der Waals surface area contributed by atoms with Crippen LogP contribution in [0.1, 0.15) is 86.5 Å². The molecule has 0 heterocycles. The number of hydrogen-bond donors (Lipinski definition) is 0. The maximum absolute atomic E-state index is 12.7. The zero-order valence-electron chi connectivity index (χ0n) is 19.0. The monoisotopic (exact) mass is 384 g/mol. The number of rotatable bonds is 0. The highest BCUT2D eigenvalue weighted by Crippen LogP contribution is 2.65. The Morgan fingerprint density at radius 3 is 2.41 bits per heavy atom. The van der Waals surface area contributed by atoms with Crippen molar-refractivity contribution in [3.63, 3.8) is 0 Å². The number of Topliss-reactive ketones (excluding diaryl/α,β-unsaturated/α-hetero) is 1. The van der Waals surface area contributed by atoms with E-state index in [9.17, 15) is 4.79 Å². The number of fused-ring (bicyclic) bond motifs is 3. The Hall–Kier alpha value is -0.813. The second-order valence-corrected chi connectivity index (χ2v) is 16.9. The van der Waals surface area contributed by atoms with Gasteiger partial charge in [0.05, 0.1) is 5.41 Å². The summed E-state index contributed by atoms with van der Waals surface area (Å²) in [6.07, 6.45) is 10.3. The molecular weight excluding hydrogens is 344 g/mol. The molecule has 2 heteroatoms. The van der Waals surface area contributed by atoms with Gasteiger partial charge in [-0.25, -0.2) is 0 Å². The summed E-state index contributed by atoms with van der Waals surface area (Å²) in [5.41, 5.74) is 5.54. The van der Waals surface area contributed by atoms with Crippen molar-refractivity contribution in [1.82, 2.24) is 0 Å². The second kappa shape index (κ2) is 6.35. The number of ketones is 1. The topological polar surface area (TPSA) is 17.1 Å². The Morgan fingerprint density at radius 1 is 1.11 bits per heavy atom. The molecule has 0 aliphatic heterocycles. The second-order valence-electron chi connectivity index (χ2n) is 11.9. The van der Waals surface area contributed by atoms with Gasteiger partial charge in [-0.3, -0.25) is 4.79 Å². The summed E-state index contributed by atoms with van der Waals surface area (Å²) >= 11 is 0. The third kappa shape index (κ3) is 3.19. The maximum atomic E-state index is 12.7. The first-order valence-corrected chi connectivity index (χ1v) is 14.1. The summed E-state index contributed by atoms with van der Waals surface area (Å²) in [6.45, 7) is 18.8. The molecule has 0 aromatic rings. The van der Waals surface area contributed by atoms with Crippen molar-refractivity contribution < 1.29 is 4.79 Å². The van der Waals surface area contributed by atoms with Crippen LogP contribution < -0.4 is 0 Å². The highest BCUT2D eigenvalue weighted by atomic mass is 28.3. The number of allylic oxidation sites excluding steroid dienone is 2. The predicted molar refractivity (Wildman–Crippen MR) is 118 cm³/mol. The van der Waals surface area contributed by atoms with E-state index in [2.05, 4.69) is 72.2 Å². The zero-order chi connectivity index (χ0) is 20.3. The van der Waals surface area contributed by atoms with Gasteiger partial charge in [-0.2, -0.15) is 0 Å². The molecule has 3 rings (SSSR count). The van der Waals surface area contributed by atoms with Gasteiger partial charge in [-0.15, -0.1) is 5.54 Å². The minimum atomic E-state index is -1.62. The van der Waals surface area contributed by atoms with E-state index in [0.717, 1.165) is 25.7 Å². The highest BCUT2D eigenvalue weighted by molar-refractivity contribution is 6.87. The average Bonchev–Trinajstić information content (AvgIpc) is 2.56. The molecule has 2 fully saturated rings. The molecule has 3 aliphatic carbocycles. The van der Waals surface area contributed by atoms with E-state index in [1.54, 1.807) is 5.57 Å². The third-order valence-corrected chi connectivity index (χ3v) is 13.4. The van der Waals surface area contributed by atoms with Gasteiger partial charge in [0.2, 0.25) is 0 Å². The van der Waals surface area contributed by atoms with E-state index < -0.39 is 8.07 Å². The van der Waals surface area contributed by atoms with E-state index in [1.807, 2.05) is 0 Å². The Labute approximate surface area is 168 Å². The van der Waals surface area contributed by atoms with Crippen LogP contribution >= 0.6 is 0 Å². The summed E-state index contributed by atoms with van der Waals surface area (Å²) in [5, 5.41) is 0.301. The van der Waals surface area contributed by atoms with Gasteiger partial charge < -0.3 is 0 Å². The molecule has 0 saturated heterocycles. The number of carbonyl (C=O) groups excluding carboxylic acids is 1. The van der Waals surface area contributed by atoms with Crippen molar-refractivity contribution in [3.05, 3.63) is 11.6 Å². The molecule has 150 valence electrons. The van der Waals surface area contributed by atoms with Crippen LogP contribution in [0.4, 0.5) is 0 Å². The number of carbonyl (C=O) groups is 1. The molecule has 3 aliphatic rings. The van der Waals surface area contributed by atoms with Crippen LogP contribution in [0, 0.1) is 33.6 Å². The van der Waals surface area contributed by atoms with Crippen LogP contribution in [-0.2, 0) is 4.79 Å². The highest BCUT2D eigenvalue weighted by Gasteiger charge is 2.59. The smallest absolute Gasteiger partial charge is 0.138 e. The summed E-state index contributed by atoms with van der Waals surface area (Å²) in [6, 6.07) is 0. The Kier molecular flexibility index (Phi) is 4.91. The fraction of sp³-hybridized carbons (Fsp3) is 0.800. The standard InChI is InChI=1S/C25H40OSi/c1-22(2,3)27(7,8)18-17-25-14-10-9-11-20(25)24(6)15-13-21(26)23(4,5)19(24)12-16-25/h11,19H,9-10,12-16H2,1-8H3/t19?,24-,25+/m0/s1. The average molecular weight is 385 g/mol. The van der Waals surface area contributed by atoms with Gasteiger partial charge in [0.15, 0.2) is 0 Å². The quantitative estimate of drug-likeness (QED) is 0.251. The Morgan fingerprint density at radius 2 is 1.78 bits per heavy atom. The SMILES string of the molecule is CC1(C)C(=O)CC[C@]2(C)C3=CCCC[C@]3(C#C[Si](C)(C)C(C)(C)C)CCC12. The van der Waals surface area contributed by atoms with Crippen LogP contribution in [0.3, 0.4) is 0 Å². The van der Waals surface area contributed by atoms with Gasteiger partial charge in [-0.1, -0.05) is 66.6 Å². The molecule has 1 unspecified atom stereocenters. The first-order valence-electron chi connectivity index (χ1n) is 11.1. The van der Waals surface area contributed by atoms with Crippen molar-refractivity contribution in [2.45, 2.75) is 105 Å². The van der Waals surface area contributed by atoms with Crippen LogP contribution in [0.15, 0.2) is 11.6 Å². The first-order chi connectivity index (χ1) is 12.3. The van der Waals surface area contributed by atoms with Gasteiger partial charge in [-0.05, 0) is 60.5 Å². The third-order valence-electron chi connectivity index (χ3n) is 8.87. The van der Waals surface area contributed by atoms with Crippen molar-refractivity contribution in [2.24, 2.45) is 22.2 Å². The minimum Gasteiger partial charge on any atom is -0.299 e. The van der Waals surface area contributed by atoms with E-state index in [4.69, 9.17) is 0 Å². The van der Waals surface area contributed by atoms with Crippen molar-refractivity contribution >= 4 is 13.9 Å². The van der Waals surface area contributed by atoms with E-state index in [0.29, 0.717) is 16.7 Å². The molecular formula is C25H40OSi. The molecule has 27 heavy (non-hydrogen) atoms. The molecule has 0 aromatic carbocycles. The Bertz CT molecular complexity index is 724. The fourth-order valence-electron chi connectivity index (χ4n) is 5.93. The van der Waals surface area contributed by atoms with Gasteiger partial charge in [0.1, 0.15) is 13.9 Å². The predicted octanol–water partition coefficient (Wildman–Crippen LogP) is 6.94. The molecule has 2 saturated carbocycles. The first kappa shape index (κ1) is 20.9. The van der Waals surface area contributed by atoms with Crippen LogP contribution in [0.2, 0.25) is 18.1 Å². The summed E-state index contributed by atoms with van der Waals surface area (Å²) in [4.78, 5) is 12.7. The summed E-state index contributed by atoms with van der Waals surface area (Å²) in [7, 11) is -1.62. The maximum Gasteiger partial charge on any atom is 0.138 e. The fourth-order valence-corrected chi connectivity index (χ4v) is 6.86. The normalized spacial score (nSPS) is 36.1. The molecule has 0 spiro atoms. The molecule has 0 aromatic heterocycles. The van der Waals surface area contributed by atoms with Crippen LogP contribution in [0.5, 0.6) is 0 Å². The van der Waals surface area contributed by atoms with Gasteiger partial charge in [0.25, 0.3) is 0 Å². The van der Waals surface area contributed by atoms with Gasteiger partial charge >= 0.3 is 0 Å². The molecule has 3 atom stereocenters. The zero-order valence-corrected chi connectivity index (χ0v) is 20.0. The van der Waals surface area contributed by atoms with Gasteiger partial charge in [0, 0.05) is 11.8 Å². The minimum absolute atomic E-state index is 0.0789. The molecule has 0 amide bonds. The lowest BCUT2D eigenvalue weighted by atomic mass is 9.44. The van der Waals surface area contributed by atoms with Crippen LogP contribution in [0.25, 0.3) is 0 Å². The van der Waals surface area contributed by atoms with Crippen molar-refractivity contribution in [2.75, 3.05) is 0 Å². The van der Waals surface area contributed by atoms with E-state index in [1.165, 1.54) is 19.3 Å². The lowest BCUT2D eigenvalue weighted by Gasteiger charge is -2.59. The van der Waals surface area contributed by atoms with Crippen molar-refractivity contribution in [3.8, 4) is 11.5 Å². The lowest BCUT2D eigenvalue weighted by molar-refractivity contribution is -0.141. The number of hydrogen-bond acceptors (Lipinski definition) is 1. The summed E-state index contributed by atoms with van der Waals surface area (Å²) < 4.78 is 0. The summed E-state index contributed by atoms with van der Waals surface area (Å²) in [5.74, 6) is 4.88. The lowest BCUT2D eigenvalue weighted by Crippen LogP contribution is -2.54. The van der Waals surface area contributed by atoms with Crippen LogP contribution in [-0.4, -0.2) is 13.9 Å². The largest absolute Gasteiger partial charge is 0.299 e. The molecule has 0 radical (unpaired) electrons. The molecule has 0 bridgehead atoms. The van der Waals surface area contributed by atoms with Crippen molar-refractivity contribution in [1.29, 1.82) is 0 Å². The molecule has 0 N–H and O–H groups in total.